The smallest absolute Gasteiger partial charge is 0.311 e. The van der Waals surface area contributed by atoms with Crippen molar-refractivity contribution in [3.63, 3.8) is 0 Å². The average molecular weight is 326 g/mol. The molecule has 1 aromatic heterocycles. The fourth-order valence-electron chi connectivity index (χ4n) is 1.90. The molecule has 7 heteroatoms. The minimum atomic E-state index is -0.362. The number of carbonyl (C=O) groups is 1. The van der Waals surface area contributed by atoms with Crippen molar-refractivity contribution >= 4 is 17.6 Å². The van der Waals surface area contributed by atoms with Gasteiger partial charge in [-0.05, 0) is 32.9 Å². The first-order valence-corrected chi connectivity index (χ1v) is 7.46. The first-order chi connectivity index (χ1) is 11.5. The molecule has 0 unspecified atom stereocenters. The van der Waals surface area contributed by atoms with E-state index in [-0.39, 0.29) is 24.0 Å². The summed E-state index contributed by atoms with van der Waals surface area (Å²) in [6.45, 7) is 5.71. The fraction of sp³-hybridized carbons (Fsp3) is 0.294. The molecule has 1 N–H and O–H groups in total. The first kappa shape index (κ1) is 17.2. The number of anilines is 1. The Morgan fingerprint density at radius 1 is 1.42 bits per heavy atom. The number of nitriles is 1. The maximum absolute atomic E-state index is 11.4. The van der Waals surface area contributed by atoms with E-state index in [9.17, 15) is 4.79 Å². The molecule has 0 amide bonds. The number of ether oxygens (including phenoxy) is 1. The summed E-state index contributed by atoms with van der Waals surface area (Å²) in [4.78, 5) is 15.5. The van der Waals surface area contributed by atoms with E-state index >= 15 is 0 Å². The van der Waals surface area contributed by atoms with Crippen molar-refractivity contribution in [1.29, 1.82) is 5.26 Å². The molecule has 1 aromatic carbocycles. The number of carbonyl (C=O) groups excluding carboxylic acids is 1. The van der Waals surface area contributed by atoms with Gasteiger partial charge in [0.05, 0.1) is 13.0 Å². The number of nitrogens with one attached hydrogen (secondary N) is 1. The van der Waals surface area contributed by atoms with E-state index in [1.165, 1.54) is 0 Å². The van der Waals surface area contributed by atoms with Gasteiger partial charge in [-0.1, -0.05) is 17.7 Å². The number of aromatic nitrogens is 1. The van der Waals surface area contributed by atoms with E-state index in [4.69, 9.17) is 14.4 Å². The molecule has 7 nitrogen and oxygen atoms in total. The Hall–Kier alpha value is -3.14. The summed E-state index contributed by atoms with van der Waals surface area (Å²) in [6, 6.07) is 9.54. The summed E-state index contributed by atoms with van der Waals surface area (Å²) in [5.41, 5.74) is 5.12. The largest absolute Gasteiger partial charge is 0.466 e. The Labute approximate surface area is 140 Å². The molecule has 0 atom stereocenters. The molecule has 0 radical (unpaired) electrons. The van der Waals surface area contributed by atoms with Gasteiger partial charge in [0.1, 0.15) is 6.07 Å². The SMILES string of the molecule is CCOC(=O)C/C(C)=N\Nc1oc(-c2ccc(C)cc2)nc1C#N. The normalized spacial score (nSPS) is 11.0. The van der Waals surface area contributed by atoms with Crippen LogP contribution in [0.15, 0.2) is 33.8 Å². The Morgan fingerprint density at radius 3 is 2.75 bits per heavy atom. The standard InChI is InChI=1S/C17H18N4O3/c1-4-23-15(22)9-12(3)20-21-17-14(10-18)19-16(24-17)13-7-5-11(2)6-8-13/h5-8,21H,4,9H2,1-3H3/b20-12-. The lowest BCUT2D eigenvalue weighted by Gasteiger charge is -2.01. The Kier molecular flexibility index (Phi) is 5.68. The highest BCUT2D eigenvalue weighted by atomic mass is 16.5. The van der Waals surface area contributed by atoms with Crippen LogP contribution in [0.1, 0.15) is 31.5 Å². The highest BCUT2D eigenvalue weighted by Gasteiger charge is 2.14. The van der Waals surface area contributed by atoms with Crippen LogP contribution < -0.4 is 5.43 Å². The van der Waals surface area contributed by atoms with Crippen molar-refractivity contribution in [3.8, 4) is 17.5 Å². The molecule has 2 aromatic rings. The van der Waals surface area contributed by atoms with Gasteiger partial charge in [-0.3, -0.25) is 4.79 Å². The van der Waals surface area contributed by atoms with Crippen molar-refractivity contribution in [2.45, 2.75) is 27.2 Å². The highest BCUT2D eigenvalue weighted by molar-refractivity contribution is 5.97. The van der Waals surface area contributed by atoms with Crippen LogP contribution in [0.5, 0.6) is 0 Å². The number of hydrazone groups is 1. The van der Waals surface area contributed by atoms with Crippen LogP contribution in [0.3, 0.4) is 0 Å². The molecular weight excluding hydrogens is 308 g/mol. The fourth-order valence-corrected chi connectivity index (χ4v) is 1.90. The van der Waals surface area contributed by atoms with Gasteiger partial charge in [-0.2, -0.15) is 15.3 Å². The number of benzene rings is 1. The van der Waals surface area contributed by atoms with Crippen LogP contribution in [0, 0.1) is 18.3 Å². The van der Waals surface area contributed by atoms with Crippen LogP contribution in [-0.2, 0) is 9.53 Å². The van der Waals surface area contributed by atoms with Crippen molar-refractivity contribution < 1.29 is 13.9 Å². The number of hydrogen-bond acceptors (Lipinski definition) is 7. The maximum Gasteiger partial charge on any atom is 0.311 e. The molecule has 0 aliphatic rings. The third kappa shape index (κ3) is 4.43. The minimum absolute atomic E-state index is 0.0572. The number of esters is 1. The van der Waals surface area contributed by atoms with Gasteiger partial charge in [0.25, 0.3) is 5.88 Å². The van der Waals surface area contributed by atoms with Gasteiger partial charge < -0.3 is 9.15 Å². The molecule has 24 heavy (non-hydrogen) atoms. The van der Waals surface area contributed by atoms with E-state index in [1.54, 1.807) is 13.8 Å². The van der Waals surface area contributed by atoms with E-state index < -0.39 is 0 Å². The first-order valence-electron chi connectivity index (χ1n) is 7.46. The molecule has 124 valence electrons. The molecule has 1 heterocycles. The van der Waals surface area contributed by atoms with Gasteiger partial charge in [0, 0.05) is 11.3 Å². The zero-order valence-corrected chi connectivity index (χ0v) is 13.8. The lowest BCUT2D eigenvalue weighted by molar-refractivity contribution is -0.141. The topological polar surface area (TPSA) is 101 Å². The Bertz CT molecular complexity index is 785. The summed E-state index contributed by atoms with van der Waals surface area (Å²) < 4.78 is 10.4. The van der Waals surface area contributed by atoms with Crippen molar-refractivity contribution in [2.24, 2.45) is 5.10 Å². The number of aryl methyl sites for hydroxylation is 1. The lowest BCUT2D eigenvalue weighted by atomic mass is 10.1. The van der Waals surface area contributed by atoms with E-state index in [2.05, 4.69) is 15.5 Å². The van der Waals surface area contributed by atoms with Gasteiger partial charge in [0.2, 0.25) is 11.6 Å². The molecule has 0 aliphatic heterocycles. The summed E-state index contributed by atoms with van der Waals surface area (Å²) in [6.07, 6.45) is 0.0572. The predicted octanol–water partition coefficient (Wildman–Crippen LogP) is 3.26. The van der Waals surface area contributed by atoms with Gasteiger partial charge >= 0.3 is 5.97 Å². The summed E-state index contributed by atoms with van der Waals surface area (Å²) in [5, 5.41) is 13.2. The molecule has 0 saturated heterocycles. The molecule has 2 rings (SSSR count). The number of oxazole rings is 1. The van der Waals surface area contributed by atoms with Crippen molar-refractivity contribution in [1.82, 2.24) is 4.98 Å². The minimum Gasteiger partial charge on any atom is -0.466 e. The second-order valence-corrected chi connectivity index (χ2v) is 5.12. The highest BCUT2D eigenvalue weighted by Crippen LogP contribution is 2.25. The molecule has 0 fully saturated rings. The molecule has 0 saturated carbocycles. The third-order valence-electron chi connectivity index (χ3n) is 3.09. The Morgan fingerprint density at radius 2 is 2.12 bits per heavy atom. The van der Waals surface area contributed by atoms with Crippen LogP contribution in [0.2, 0.25) is 0 Å². The second kappa shape index (κ2) is 7.92. The molecule has 0 bridgehead atoms. The van der Waals surface area contributed by atoms with Crippen LogP contribution in [-0.4, -0.2) is 23.3 Å². The molecular formula is C17H18N4O3. The van der Waals surface area contributed by atoms with Crippen LogP contribution in [0.4, 0.5) is 5.88 Å². The summed E-state index contributed by atoms with van der Waals surface area (Å²) >= 11 is 0. The molecule has 0 aliphatic carbocycles. The Balaban J connectivity index is 2.14. The lowest BCUT2D eigenvalue weighted by Crippen LogP contribution is -2.10. The second-order valence-electron chi connectivity index (χ2n) is 5.12. The van der Waals surface area contributed by atoms with Crippen LogP contribution in [0.25, 0.3) is 11.5 Å². The maximum atomic E-state index is 11.4. The van der Waals surface area contributed by atoms with Crippen LogP contribution >= 0.6 is 0 Å². The average Bonchev–Trinajstić information content (AvgIpc) is 2.97. The number of nitrogens with zero attached hydrogens (tertiary/aromatic N) is 3. The summed E-state index contributed by atoms with van der Waals surface area (Å²) in [7, 11) is 0. The molecule has 0 spiro atoms. The van der Waals surface area contributed by atoms with E-state index in [1.807, 2.05) is 37.3 Å². The monoisotopic (exact) mass is 326 g/mol. The number of hydrogen-bond donors (Lipinski definition) is 1. The quantitative estimate of drug-likeness (QED) is 0.497. The summed E-state index contributed by atoms with van der Waals surface area (Å²) in [5.74, 6) is 0.0996. The predicted molar refractivity (Wildman–Crippen MR) is 89.4 cm³/mol. The number of rotatable bonds is 6. The van der Waals surface area contributed by atoms with Gasteiger partial charge in [-0.15, -0.1) is 0 Å². The van der Waals surface area contributed by atoms with E-state index in [0.717, 1.165) is 11.1 Å². The zero-order valence-electron chi connectivity index (χ0n) is 13.8. The van der Waals surface area contributed by atoms with Crippen molar-refractivity contribution in [2.75, 3.05) is 12.0 Å². The van der Waals surface area contributed by atoms with Gasteiger partial charge in [0.15, 0.2) is 0 Å². The van der Waals surface area contributed by atoms with Crippen molar-refractivity contribution in [3.05, 3.63) is 35.5 Å². The van der Waals surface area contributed by atoms with Gasteiger partial charge in [-0.25, -0.2) is 5.43 Å². The van der Waals surface area contributed by atoms with E-state index in [0.29, 0.717) is 18.2 Å². The third-order valence-corrected chi connectivity index (χ3v) is 3.09. The zero-order chi connectivity index (χ0) is 17.5.